The standard InChI is InChI=1S/C17H20N2O3/c1-10-7-12(8-11(2)22-10)18-17(21)15-9-16(20)13-5-3-4-6-14(13)19-15/h3-6,9-12H,7-8H2,1-2H3,(H,18,21)(H,19,20)/t10-,11+,12?. The molecule has 1 saturated heterocycles. The van der Waals surface area contributed by atoms with E-state index in [1.165, 1.54) is 6.07 Å². The van der Waals surface area contributed by atoms with Crippen LogP contribution in [0.2, 0.25) is 0 Å². The molecule has 2 heterocycles. The Bertz CT molecular complexity index is 743. The van der Waals surface area contributed by atoms with Gasteiger partial charge in [-0.15, -0.1) is 0 Å². The molecule has 0 bridgehead atoms. The van der Waals surface area contributed by atoms with Gasteiger partial charge in [0.1, 0.15) is 5.69 Å². The molecule has 2 aromatic rings. The molecule has 1 aromatic heterocycles. The van der Waals surface area contributed by atoms with E-state index in [9.17, 15) is 9.59 Å². The fourth-order valence-electron chi connectivity index (χ4n) is 3.11. The number of nitrogens with one attached hydrogen (secondary N) is 2. The van der Waals surface area contributed by atoms with Crippen molar-refractivity contribution in [1.82, 2.24) is 10.3 Å². The van der Waals surface area contributed by atoms with Crippen molar-refractivity contribution in [2.75, 3.05) is 0 Å². The van der Waals surface area contributed by atoms with Crippen molar-refractivity contribution in [2.45, 2.75) is 44.9 Å². The van der Waals surface area contributed by atoms with Gasteiger partial charge in [0.05, 0.1) is 12.2 Å². The molecule has 1 unspecified atom stereocenters. The van der Waals surface area contributed by atoms with Crippen molar-refractivity contribution in [3.05, 3.63) is 46.2 Å². The van der Waals surface area contributed by atoms with Crippen molar-refractivity contribution < 1.29 is 9.53 Å². The molecule has 1 fully saturated rings. The number of amides is 1. The zero-order chi connectivity index (χ0) is 15.7. The molecule has 1 aliphatic heterocycles. The quantitative estimate of drug-likeness (QED) is 0.893. The average molecular weight is 300 g/mol. The van der Waals surface area contributed by atoms with Gasteiger partial charge in [0.15, 0.2) is 5.43 Å². The monoisotopic (exact) mass is 300 g/mol. The SMILES string of the molecule is C[C@@H]1CC(NC(=O)c2cc(=O)c3ccccc3[nH]2)C[C@H](C)O1. The number of rotatable bonds is 2. The van der Waals surface area contributed by atoms with Gasteiger partial charge in [-0.3, -0.25) is 9.59 Å². The molecule has 3 rings (SSSR count). The molecule has 1 amide bonds. The summed E-state index contributed by atoms with van der Waals surface area (Å²) in [7, 11) is 0. The number of fused-ring (bicyclic) bond motifs is 1. The van der Waals surface area contributed by atoms with Crippen molar-refractivity contribution in [3.8, 4) is 0 Å². The number of hydrogen-bond acceptors (Lipinski definition) is 3. The van der Waals surface area contributed by atoms with Crippen LogP contribution in [-0.2, 0) is 4.74 Å². The van der Waals surface area contributed by atoms with Crippen LogP contribution in [0.5, 0.6) is 0 Å². The highest BCUT2D eigenvalue weighted by molar-refractivity contribution is 5.95. The maximum Gasteiger partial charge on any atom is 0.268 e. The van der Waals surface area contributed by atoms with Crippen LogP contribution in [0.3, 0.4) is 0 Å². The highest BCUT2D eigenvalue weighted by Crippen LogP contribution is 2.19. The van der Waals surface area contributed by atoms with Gasteiger partial charge in [0.2, 0.25) is 0 Å². The number of aromatic nitrogens is 1. The molecule has 3 atom stereocenters. The number of ether oxygens (including phenoxy) is 1. The molecule has 116 valence electrons. The highest BCUT2D eigenvalue weighted by Gasteiger charge is 2.26. The van der Waals surface area contributed by atoms with E-state index in [4.69, 9.17) is 4.74 Å². The zero-order valence-corrected chi connectivity index (χ0v) is 12.8. The van der Waals surface area contributed by atoms with Gasteiger partial charge in [-0.05, 0) is 38.8 Å². The molecule has 1 aliphatic rings. The first kappa shape index (κ1) is 14.8. The van der Waals surface area contributed by atoms with E-state index in [-0.39, 0.29) is 29.6 Å². The molecule has 2 N–H and O–H groups in total. The molecule has 0 aliphatic carbocycles. The fourth-order valence-corrected chi connectivity index (χ4v) is 3.11. The van der Waals surface area contributed by atoms with Crippen LogP contribution in [0.25, 0.3) is 10.9 Å². The lowest BCUT2D eigenvalue weighted by molar-refractivity contribution is -0.0408. The van der Waals surface area contributed by atoms with E-state index in [1.807, 2.05) is 26.0 Å². The molecular formula is C17H20N2O3. The lowest BCUT2D eigenvalue weighted by atomic mass is 10.00. The van der Waals surface area contributed by atoms with Gasteiger partial charge in [-0.2, -0.15) is 0 Å². The minimum Gasteiger partial charge on any atom is -0.375 e. The second kappa shape index (κ2) is 5.93. The van der Waals surface area contributed by atoms with Crippen LogP contribution < -0.4 is 10.7 Å². The van der Waals surface area contributed by atoms with Crippen LogP contribution >= 0.6 is 0 Å². The lowest BCUT2D eigenvalue weighted by Crippen LogP contribution is -2.44. The smallest absolute Gasteiger partial charge is 0.268 e. The van der Waals surface area contributed by atoms with Crippen molar-refractivity contribution in [1.29, 1.82) is 0 Å². The zero-order valence-electron chi connectivity index (χ0n) is 12.8. The predicted molar refractivity (Wildman–Crippen MR) is 85.1 cm³/mol. The Balaban J connectivity index is 1.82. The van der Waals surface area contributed by atoms with Gasteiger partial charge in [-0.1, -0.05) is 12.1 Å². The number of carbonyl (C=O) groups is 1. The summed E-state index contributed by atoms with van der Waals surface area (Å²) in [5.74, 6) is -0.242. The molecule has 0 saturated carbocycles. The minimum absolute atomic E-state index is 0.0706. The summed E-state index contributed by atoms with van der Waals surface area (Å²) in [5.41, 5.74) is 0.831. The second-order valence-corrected chi connectivity index (χ2v) is 5.99. The number of para-hydroxylation sites is 1. The highest BCUT2D eigenvalue weighted by atomic mass is 16.5. The first-order valence-corrected chi connectivity index (χ1v) is 7.61. The van der Waals surface area contributed by atoms with E-state index in [1.54, 1.807) is 12.1 Å². The summed E-state index contributed by atoms with van der Waals surface area (Å²) in [4.78, 5) is 27.5. The summed E-state index contributed by atoms with van der Waals surface area (Å²) in [6, 6.07) is 8.62. The Morgan fingerprint density at radius 3 is 2.64 bits per heavy atom. The van der Waals surface area contributed by atoms with Gasteiger partial charge in [0, 0.05) is 23.0 Å². The largest absolute Gasteiger partial charge is 0.375 e. The first-order chi connectivity index (χ1) is 10.5. The Hall–Kier alpha value is -2.14. The van der Waals surface area contributed by atoms with Crippen LogP contribution in [0, 0.1) is 0 Å². The third-order valence-corrected chi connectivity index (χ3v) is 4.01. The summed E-state index contributed by atoms with van der Waals surface area (Å²) >= 11 is 0. The van der Waals surface area contributed by atoms with E-state index in [2.05, 4.69) is 10.3 Å². The summed E-state index contributed by atoms with van der Waals surface area (Å²) < 4.78 is 5.67. The maximum absolute atomic E-state index is 12.4. The number of benzene rings is 1. The average Bonchev–Trinajstić information content (AvgIpc) is 2.46. The summed E-state index contributed by atoms with van der Waals surface area (Å²) in [6.45, 7) is 4.01. The number of aromatic amines is 1. The van der Waals surface area contributed by atoms with Crippen LogP contribution in [0.1, 0.15) is 37.2 Å². The molecule has 1 aromatic carbocycles. The molecule has 0 spiro atoms. The number of carbonyl (C=O) groups excluding carboxylic acids is 1. The Morgan fingerprint density at radius 2 is 1.91 bits per heavy atom. The topological polar surface area (TPSA) is 71.2 Å². The molecular weight excluding hydrogens is 280 g/mol. The molecule has 5 heteroatoms. The van der Waals surface area contributed by atoms with Gasteiger partial charge < -0.3 is 15.0 Å². The Kier molecular flexibility index (Phi) is 3.98. The number of pyridine rings is 1. The van der Waals surface area contributed by atoms with Gasteiger partial charge >= 0.3 is 0 Å². The third-order valence-electron chi connectivity index (χ3n) is 4.01. The number of H-pyrrole nitrogens is 1. The molecule has 22 heavy (non-hydrogen) atoms. The first-order valence-electron chi connectivity index (χ1n) is 7.61. The molecule has 0 radical (unpaired) electrons. The summed E-state index contributed by atoms with van der Waals surface area (Å²) in [5, 5.41) is 3.59. The van der Waals surface area contributed by atoms with Crippen LogP contribution in [0.15, 0.2) is 35.1 Å². The van der Waals surface area contributed by atoms with E-state index in [0.29, 0.717) is 16.6 Å². The van der Waals surface area contributed by atoms with Crippen molar-refractivity contribution >= 4 is 16.8 Å². The Labute approximate surface area is 128 Å². The normalized spacial score (nSPS) is 25.1. The van der Waals surface area contributed by atoms with Crippen LogP contribution in [0.4, 0.5) is 0 Å². The van der Waals surface area contributed by atoms with E-state index < -0.39 is 0 Å². The second-order valence-electron chi connectivity index (χ2n) is 5.99. The fraction of sp³-hybridized carbons (Fsp3) is 0.412. The Morgan fingerprint density at radius 1 is 1.23 bits per heavy atom. The van der Waals surface area contributed by atoms with Crippen LogP contribution in [-0.4, -0.2) is 29.1 Å². The number of hydrogen-bond donors (Lipinski definition) is 2. The van der Waals surface area contributed by atoms with E-state index in [0.717, 1.165) is 12.8 Å². The summed E-state index contributed by atoms with van der Waals surface area (Å²) in [6.07, 6.45) is 1.83. The lowest BCUT2D eigenvalue weighted by Gasteiger charge is -2.32. The third kappa shape index (κ3) is 3.04. The van der Waals surface area contributed by atoms with Gasteiger partial charge in [0.25, 0.3) is 5.91 Å². The molecule has 5 nitrogen and oxygen atoms in total. The van der Waals surface area contributed by atoms with Crippen molar-refractivity contribution in [2.24, 2.45) is 0 Å². The van der Waals surface area contributed by atoms with Gasteiger partial charge in [-0.25, -0.2) is 0 Å². The van der Waals surface area contributed by atoms with E-state index >= 15 is 0 Å². The predicted octanol–water partition coefficient (Wildman–Crippen LogP) is 2.21. The minimum atomic E-state index is -0.242. The van der Waals surface area contributed by atoms with Crippen molar-refractivity contribution in [3.63, 3.8) is 0 Å². The maximum atomic E-state index is 12.4.